The van der Waals surface area contributed by atoms with Crippen molar-refractivity contribution in [2.45, 2.75) is 27.2 Å². The number of hydrogen-bond donors (Lipinski definition) is 1. The molecule has 0 atom stereocenters. The zero-order chi connectivity index (χ0) is 13.2. The summed E-state index contributed by atoms with van der Waals surface area (Å²) in [7, 11) is 0. The number of nitrogens with one attached hydrogen (secondary N) is 1. The number of hydrogen-bond acceptors (Lipinski definition) is 5. The molecule has 102 valence electrons. The molecule has 5 heteroatoms. The predicted octanol–water partition coefficient (Wildman–Crippen LogP) is 2.02. The molecule has 1 N–H and O–H groups in total. The van der Waals surface area contributed by atoms with E-state index in [-0.39, 0.29) is 0 Å². The molecule has 0 aliphatic rings. The summed E-state index contributed by atoms with van der Waals surface area (Å²) in [6.07, 6.45) is 2.63. The molecule has 0 saturated carbocycles. The molecule has 18 heavy (non-hydrogen) atoms. The Labute approximate surface area is 110 Å². The van der Waals surface area contributed by atoms with Gasteiger partial charge in [-0.15, -0.1) is 0 Å². The third-order valence-electron chi connectivity index (χ3n) is 2.79. The summed E-state index contributed by atoms with van der Waals surface area (Å²) in [5.41, 5.74) is 0. The maximum absolute atomic E-state index is 5.33. The van der Waals surface area contributed by atoms with Crippen LogP contribution in [0.5, 0.6) is 5.88 Å². The van der Waals surface area contributed by atoms with E-state index in [1.165, 1.54) is 6.33 Å². The molecule has 1 aromatic rings. The van der Waals surface area contributed by atoms with Crippen LogP contribution in [-0.4, -0.2) is 47.7 Å². The number of rotatable bonds is 9. The highest BCUT2D eigenvalue weighted by molar-refractivity contribution is 5.36. The summed E-state index contributed by atoms with van der Waals surface area (Å²) in [5.74, 6) is 1.45. The molecule has 5 nitrogen and oxygen atoms in total. The molecule has 0 unspecified atom stereocenters. The lowest BCUT2D eigenvalue weighted by molar-refractivity contribution is 0.303. The van der Waals surface area contributed by atoms with E-state index in [4.69, 9.17) is 4.74 Å². The Morgan fingerprint density at radius 2 is 2.00 bits per heavy atom. The van der Waals surface area contributed by atoms with Crippen molar-refractivity contribution in [3.63, 3.8) is 0 Å². The first-order chi connectivity index (χ1) is 8.80. The normalized spacial score (nSPS) is 10.7. The molecule has 0 aliphatic heterocycles. The minimum absolute atomic E-state index is 0.623. The monoisotopic (exact) mass is 252 g/mol. The van der Waals surface area contributed by atoms with Gasteiger partial charge in [0.05, 0.1) is 6.61 Å². The van der Waals surface area contributed by atoms with Gasteiger partial charge < -0.3 is 15.0 Å². The molecule has 0 saturated heterocycles. The van der Waals surface area contributed by atoms with Crippen molar-refractivity contribution in [2.24, 2.45) is 0 Å². The van der Waals surface area contributed by atoms with Gasteiger partial charge in [0.1, 0.15) is 12.1 Å². The van der Waals surface area contributed by atoms with Gasteiger partial charge in [0.25, 0.3) is 0 Å². The van der Waals surface area contributed by atoms with Crippen LogP contribution in [0.15, 0.2) is 12.4 Å². The van der Waals surface area contributed by atoms with Gasteiger partial charge in [0, 0.05) is 12.6 Å². The molecule has 1 heterocycles. The van der Waals surface area contributed by atoms with E-state index in [0.717, 1.165) is 38.4 Å². The third kappa shape index (κ3) is 5.31. The van der Waals surface area contributed by atoms with Gasteiger partial charge in [-0.2, -0.15) is 0 Å². The molecule has 0 amide bonds. The summed E-state index contributed by atoms with van der Waals surface area (Å²) < 4.78 is 5.33. The number of aromatic nitrogens is 2. The summed E-state index contributed by atoms with van der Waals surface area (Å²) in [6, 6.07) is 1.83. The summed E-state index contributed by atoms with van der Waals surface area (Å²) in [6.45, 7) is 11.2. The molecule has 0 spiro atoms. The highest BCUT2D eigenvalue weighted by Crippen LogP contribution is 2.10. The second kappa shape index (κ2) is 8.69. The Morgan fingerprint density at radius 3 is 2.67 bits per heavy atom. The van der Waals surface area contributed by atoms with Gasteiger partial charge in [-0.25, -0.2) is 9.97 Å². The van der Waals surface area contributed by atoms with Crippen molar-refractivity contribution >= 4 is 5.82 Å². The Balaban J connectivity index is 2.28. The van der Waals surface area contributed by atoms with Crippen molar-refractivity contribution < 1.29 is 4.74 Å². The molecule has 0 radical (unpaired) electrons. The van der Waals surface area contributed by atoms with Gasteiger partial charge in [0.2, 0.25) is 5.88 Å². The molecular weight excluding hydrogens is 228 g/mol. The van der Waals surface area contributed by atoms with E-state index in [9.17, 15) is 0 Å². The third-order valence-corrected chi connectivity index (χ3v) is 2.79. The standard InChI is InChI=1S/C13H24N4O/c1-4-17(5-2)9-7-8-14-12-10-13(18-6-3)16-11-15-12/h10-11H,4-9H2,1-3H3,(H,14,15,16). The van der Waals surface area contributed by atoms with Crippen LogP contribution < -0.4 is 10.1 Å². The lowest BCUT2D eigenvalue weighted by Gasteiger charge is -2.17. The quantitative estimate of drug-likeness (QED) is 0.681. The molecule has 1 rings (SSSR count). The summed E-state index contributed by atoms with van der Waals surface area (Å²) >= 11 is 0. The molecule has 1 aromatic heterocycles. The van der Waals surface area contributed by atoms with Crippen molar-refractivity contribution in [1.29, 1.82) is 0 Å². The summed E-state index contributed by atoms with van der Waals surface area (Å²) in [4.78, 5) is 10.6. The lowest BCUT2D eigenvalue weighted by atomic mass is 10.3. The van der Waals surface area contributed by atoms with Crippen LogP contribution in [0, 0.1) is 0 Å². The van der Waals surface area contributed by atoms with Gasteiger partial charge >= 0.3 is 0 Å². The van der Waals surface area contributed by atoms with E-state index >= 15 is 0 Å². The van der Waals surface area contributed by atoms with Gasteiger partial charge in [-0.05, 0) is 33.0 Å². The van der Waals surface area contributed by atoms with E-state index in [2.05, 4.69) is 34.0 Å². The minimum Gasteiger partial charge on any atom is -0.478 e. The van der Waals surface area contributed by atoms with Crippen LogP contribution in [0.1, 0.15) is 27.2 Å². The van der Waals surface area contributed by atoms with Crippen LogP contribution in [0.3, 0.4) is 0 Å². The Hall–Kier alpha value is -1.36. The maximum Gasteiger partial charge on any atom is 0.218 e. The average Bonchev–Trinajstić information content (AvgIpc) is 2.40. The fraction of sp³-hybridized carbons (Fsp3) is 0.692. The largest absolute Gasteiger partial charge is 0.478 e. The molecular formula is C13H24N4O. The van der Waals surface area contributed by atoms with Crippen molar-refractivity contribution in [2.75, 3.05) is 38.1 Å². The SMILES string of the molecule is CCOc1cc(NCCCN(CC)CC)ncn1. The fourth-order valence-electron chi connectivity index (χ4n) is 1.72. The van der Waals surface area contributed by atoms with Gasteiger partial charge in [-0.1, -0.05) is 13.8 Å². The Bertz CT molecular complexity index is 329. The van der Waals surface area contributed by atoms with Gasteiger partial charge in [-0.3, -0.25) is 0 Å². The first kappa shape index (κ1) is 14.7. The van der Waals surface area contributed by atoms with Crippen LogP contribution in [0.25, 0.3) is 0 Å². The smallest absolute Gasteiger partial charge is 0.218 e. The second-order valence-electron chi connectivity index (χ2n) is 3.98. The van der Waals surface area contributed by atoms with E-state index < -0.39 is 0 Å². The molecule has 0 aromatic carbocycles. The Kier molecular flexibility index (Phi) is 7.10. The van der Waals surface area contributed by atoms with Crippen LogP contribution in [0.4, 0.5) is 5.82 Å². The minimum atomic E-state index is 0.623. The average molecular weight is 252 g/mol. The highest BCUT2D eigenvalue weighted by atomic mass is 16.5. The molecule has 0 bridgehead atoms. The fourth-order valence-corrected chi connectivity index (χ4v) is 1.72. The number of anilines is 1. The highest BCUT2D eigenvalue weighted by Gasteiger charge is 2.00. The van der Waals surface area contributed by atoms with Crippen molar-refractivity contribution in [3.8, 4) is 5.88 Å². The predicted molar refractivity (Wildman–Crippen MR) is 74.1 cm³/mol. The molecule has 0 aliphatic carbocycles. The Morgan fingerprint density at radius 1 is 1.22 bits per heavy atom. The van der Waals surface area contributed by atoms with Gasteiger partial charge in [0.15, 0.2) is 0 Å². The first-order valence-corrected chi connectivity index (χ1v) is 6.71. The van der Waals surface area contributed by atoms with Crippen LogP contribution >= 0.6 is 0 Å². The lowest BCUT2D eigenvalue weighted by Crippen LogP contribution is -2.25. The van der Waals surface area contributed by atoms with Crippen molar-refractivity contribution in [3.05, 3.63) is 12.4 Å². The summed E-state index contributed by atoms with van der Waals surface area (Å²) in [5, 5.41) is 3.29. The van der Waals surface area contributed by atoms with E-state index in [1.807, 2.05) is 13.0 Å². The topological polar surface area (TPSA) is 50.3 Å². The zero-order valence-electron chi connectivity index (χ0n) is 11.6. The van der Waals surface area contributed by atoms with Crippen LogP contribution in [0.2, 0.25) is 0 Å². The number of nitrogens with zero attached hydrogens (tertiary/aromatic N) is 3. The van der Waals surface area contributed by atoms with Crippen molar-refractivity contribution in [1.82, 2.24) is 14.9 Å². The number of ether oxygens (including phenoxy) is 1. The van der Waals surface area contributed by atoms with Crippen LogP contribution in [-0.2, 0) is 0 Å². The first-order valence-electron chi connectivity index (χ1n) is 6.71. The van der Waals surface area contributed by atoms with E-state index in [0.29, 0.717) is 12.5 Å². The van der Waals surface area contributed by atoms with E-state index in [1.54, 1.807) is 0 Å². The molecule has 0 fully saturated rings. The second-order valence-corrected chi connectivity index (χ2v) is 3.98. The zero-order valence-corrected chi connectivity index (χ0v) is 11.6. The maximum atomic E-state index is 5.33.